The predicted molar refractivity (Wildman–Crippen MR) is 113 cm³/mol. The number of para-hydroxylation sites is 1. The van der Waals surface area contributed by atoms with Gasteiger partial charge >= 0.3 is 0 Å². The number of likely N-dealkylation sites (tertiary alicyclic amines) is 1. The number of aliphatic hydroxyl groups is 1. The molecule has 2 aliphatic heterocycles. The van der Waals surface area contributed by atoms with Crippen LogP contribution in [0.25, 0.3) is 10.2 Å². The van der Waals surface area contributed by atoms with E-state index in [1.54, 1.807) is 11.3 Å². The van der Waals surface area contributed by atoms with E-state index in [4.69, 9.17) is 0 Å². The van der Waals surface area contributed by atoms with Crippen LogP contribution in [-0.4, -0.2) is 72.7 Å². The molecule has 4 rings (SSSR count). The Morgan fingerprint density at radius 2 is 2.14 bits per heavy atom. The summed E-state index contributed by atoms with van der Waals surface area (Å²) in [5.74, 6) is 0.184. The van der Waals surface area contributed by atoms with Crippen molar-refractivity contribution in [1.29, 1.82) is 0 Å². The van der Waals surface area contributed by atoms with Crippen LogP contribution in [0.15, 0.2) is 24.3 Å². The molecule has 2 aromatic rings. The highest BCUT2D eigenvalue weighted by atomic mass is 32.2. The van der Waals surface area contributed by atoms with E-state index in [0.29, 0.717) is 32.6 Å². The summed E-state index contributed by atoms with van der Waals surface area (Å²) >= 11 is 1.67. The van der Waals surface area contributed by atoms with Crippen molar-refractivity contribution in [2.24, 2.45) is 11.3 Å². The number of hydrogen-bond donors (Lipinski definition) is 1. The van der Waals surface area contributed by atoms with E-state index >= 15 is 0 Å². The number of hydrogen-bond acceptors (Lipinski definition) is 6. The number of carbonyl (C=O) groups is 1. The van der Waals surface area contributed by atoms with Crippen LogP contribution >= 0.6 is 11.3 Å². The van der Waals surface area contributed by atoms with Crippen LogP contribution in [0.2, 0.25) is 0 Å². The third-order valence-corrected chi connectivity index (χ3v) is 8.60. The lowest BCUT2D eigenvalue weighted by Crippen LogP contribution is -2.52. The van der Waals surface area contributed by atoms with Crippen molar-refractivity contribution in [2.75, 3.05) is 39.0 Å². The number of nitrogens with zero attached hydrogens (tertiary/aromatic N) is 3. The zero-order chi connectivity index (χ0) is 20.6. The SMILES string of the molecule is CS(=O)(=O)N1C[C@H]2CCN(C(=O)CCCc3nc4ccccc4s3)C[C@@]2(CO)C1. The zero-order valence-corrected chi connectivity index (χ0v) is 18.2. The maximum absolute atomic E-state index is 12.8. The van der Waals surface area contributed by atoms with E-state index in [2.05, 4.69) is 11.1 Å². The molecule has 2 fully saturated rings. The van der Waals surface area contributed by atoms with Crippen molar-refractivity contribution in [1.82, 2.24) is 14.2 Å². The van der Waals surface area contributed by atoms with Gasteiger partial charge in [0.2, 0.25) is 15.9 Å². The fourth-order valence-corrected chi connectivity index (χ4v) is 6.55. The van der Waals surface area contributed by atoms with Crippen LogP contribution in [0.3, 0.4) is 0 Å². The highest BCUT2D eigenvalue weighted by Crippen LogP contribution is 2.42. The van der Waals surface area contributed by atoms with Crippen LogP contribution < -0.4 is 0 Å². The number of amides is 1. The molecule has 0 unspecified atom stereocenters. The summed E-state index contributed by atoms with van der Waals surface area (Å²) in [5.41, 5.74) is 0.465. The smallest absolute Gasteiger partial charge is 0.222 e. The lowest BCUT2D eigenvalue weighted by atomic mass is 9.74. The third-order valence-electron chi connectivity index (χ3n) is 6.29. The van der Waals surface area contributed by atoms with E-state index in [0.717, 1.165) is 34.5 Å². The lowest BCUT2D eigenvalue weighted by Gasteiger charge is -2.43. The molecule has 1 aromatic heterocycles. The molecule has 2 atom stereocenters. The number of thiazole rings is 1. The van der Waals surface area contributed by atoms with Crippen molar-refractivity contribution in [2.45, 2.75) is 25.7 Å². The first kappa shape index (κ1) is 20.7. The second-order valence-corrected chi connectivity index (χ2v) is 11.4. The Hall–Kier alpha value is -1.55. The van der Waals surface area contributed by atoms with Gasteiger partial charge in [0, 0.05) is 38.0 Å². The molecule has 2 saturated heterocycles. The van der Waals surface area contributed by atoms with Gasteiger partial charge in [-0.25, -0.2) is 17.7 Å². The van der Waals surface area contributed by atoms with Crippen LogP contribution in [-0.2, 0) is 21.2 Å². The average molecular weight is 438 g/mol. The monoisotopic (exact) mass is 437 g/mol. The van der Waals surface area contributed by atoms with Gasteiger partial charge in [0.05, 0.1) is 28.1 Å². The molecule has 0 bridgehead atoms. The van der Waals surface area contributed by atoms with Gasteiger partial charge in [-0.1, -0.05) is 12.1 Å². The molecule has 1 aromatic carbocycles. The summed E-state index contributed by atoms with van der Waals surface area (Å²) in [6.07, 6.45) is 3.89. The number of aromatic nitrogens is 1. The molecule has 0 saturated carbocycles. The summed E-state index contributed by atoms with van der Waals surface area (Å²) in [5, 5.41) is 11.1. The van der Waals surface area contributed by atoms with Gasteiger partial charge < -0.3 is 10.0 Å². The van der Waals surface area contributed by atoms with E-state index in [9.17, 15) is 18.3 Å². The number of carbonyl (C=O) groups excluding carboxylic acids is 1. The second-order valence-electron chi connectivity index (χ2n) is 8.31. The summed E-state index contributed by atoms with van der Waals surface area (Å²) in [7, 11) is -3.29. The Bertz CT molecular complexity index is 973. The minimum absolute atomic E-state index is 0.0789. The van der Waals surface area contributed by atoms with E-state index in [-0.39, 0.29) is 18.4 Å². The van der Waals surface area contributed by atoms with Gasteiger partial charge in [-0.3, -0.25) is 4.79 Å². The molecule has 9 heteroatoms. The number of sulfonamides is 1. The van der Waals surface area contributed by atoms with E-state index in [1.807, 2.05) is 23.1 Å². The minimum Gasteiger partial charge on any atom is -0.396 e. The Morgan fingerprint density at radius 1 is 1.34 bits per heavy atom. The molecule has 3 heterocycles. The number of aliphatic hydroxyl groups excluding tert-OH is 1. The molecule has 0 aliphatic carbocycles. The highest BCUT2D eigenvalue weighted by molar-refractivity contribution is 7.88. The lowest BCUT2D eigenvalue weighted by molar-refractivity contribution is -0.136. The van der Waals surface area contributed by atoms with Gasteiger partial charge in [0.25, 0.3) is 0 Å². The molecule has 7 nitrogen and oxygen atoms in total. The van der Waals surface area contributed by atoms with E-state index in [1.165, 1.54) is 10.6 Å². The Kier molecular flexibility index (Phi) is 5.67. The largest absolute Gasteiger partial charge is 0.396 e. The first-order valence-corrected chi connectivity index (χ1v) is 12.7. The molecular formula is C20H27N3O4S2. The van der Waals surface area contributed by atoms with Gasteiger partial charge in [0.1, 0.15) is 0 Å². The van der Waals surface area contributed by atoms with Gasteiger partial charge in [-0.2, -0.15) is 0 Å². The van der Waals surface area contributed by atoms with Gasteiger partial charge in [-0.05, 0) is 37.3 Å². The highest BCUT2D eigenvalue weighted by Gasteiger charge is 2.52. The Balaban J connectivity index is 1.34. The average Bonchev–Trinajstić information content (AvgIpc) is 3.28. The fourth-order valence-electron chi connectivity index (χ4n) is 4.60. The van der Waals surface area contributed by atoms with Gasteiger partial charge in [0.15, 0.2) is 0 Å². The first-order valence-electron chi connectivity index (χ1n) is 9.99. The van der Waals surface area contributed by atoms with Crippen molar-refractivity contribution in [3.8, 4) is 0 Å². The van der Waals surface area contributed by atoms with Crippen molar-refractivity contribution < 1.29 is 18.3 Å². The summed E-state index contributed by atoms with van der Waals surface area (Å²) < 4.78 is 26.5. The molecule has 2 aliphatic rings. The van der Waals surface area contributed by atoms with Crippen LogP contribution in [0.4, 0.5) is 0 Å². The zero-order valence-electron chi connectivity index (χ0n) is 16.6. The maximum Gasteiger partial charge on any atom is 0.222 e. The molecule has 158 valence electrons. The first-order chi connectivity index (χ1) is 13.8. The van der Waals surface area contributed by atoms with E-state index < -0.39 is 15.4 Å². The van der Waals surface area contributed by atoms with Crippen LogP contribution in [0, 0.1) is 11.3 Å². The minimum atomic E-state index is -3.29. The molecule has 0 radical (unpaired) electrons. The number of aryl methyl sites for hydroxylation is 1. The number of piperidine rings is 1. The maximum atomic E-state index is 12.8. The van der Waals surface area contributed by atoms with Crippen molar-refractivity contribution in [3.63, 3.8) is 0 Å². The molecule has 1 N–H and O–H groups in total. The normalized spacial score (nSPS) is 25.4. The van der Waals surface area contributed by atoms with Gasteiger partial charge in [-0.15, -0.1) is 11.3 Å². The summed E-state index contributed by atoms with van der Waals surface area (Å²) in [4.78, 5) is 19.2. The summed E-state index contributed by atoms with van der Waals surface area (Å²) in [6.45, 7) is 1.70. The Morgan fingerprint density at radius 3 is 2.86 bits per heavy atom. The fraction of sp³-hybridized carbons (Fsp3) is 0.600. The topological polar surface area (TPSA) is 90.8 Å². The standard InChI is InChI=1S/C20H27N3O4S2/c1-29(26,27)23-11-15-9-10-22(12-20(15,13-23)14-24)19(25)8-4-7-18-21-16-5-2-3-6-17(16)28-18/h2-3,5-6,15,24H,4,7-14H2,1H3/t15-,20+/m1/s1. The number of fused-ring (bicyclic) bond motifs is 2. The van der Waals surface area contributed by atoms with Crippen LogP contribution in [0.1, 0.15) is 24.3 Å². The van der Waals surface area contributed by atoms with Crippen molar-refractivity contribution >= 4 is 37.5 Å². The molecule has 0 spiro atoms. The molecule has 1 amide bonds. The second kappa shape index (κ2) is 7.94. The quantitative estimate of drug-likeness (QED) is 0.743. The predicted octanol–water partition coefficient (Wildman–Crippen LogP) is 1.72. The number of benzene rings is 1. The molecular weight excluding hydrogens is 410 g/mol. The summed E-state index contributed by atoms with van der Waals surface area (Å²) in [6, 6.07) is 8.04. The van der Waals surface area contributed by atoms with Crippen LogP contribution in [0.5, 0.6) is 0 Å². The van der Waals surface area contributed by atoms with Crippen molar-refractivity contribution in [3.05, 3.63) is 29.3 Å². The number of rotatable bonds is 6. The Labute approximate surface area is 175 Å². The third kappa shape index (κ3) is 4.19. The molecule has 29 heavy (non-hydrogen) atoms.